The molecule has 3 aromatic heterocycles. The molecule has 0 radical (unpaired) electrons. The largest absolute Gasteiger partial charge is 0.389 e. The first-order valence-corrected chi connectivity index (χ1v) is 14.1. The van der Waals surface area contributed by atoms with Gasteiger partial charge in [0.1, 0.15) is 11.4 Å². The molecule has 2 atom stereocenters. The fraction of sp³-hybridized carbons (Fsp3) is 0.630. The lowest BCUT2D eigenvalue weighted by atomic mass is 9.75. The van der Waals surface area contributed by atoms with Gasteiger partial charge in [0.25, 0.3) is 5.91 Å². The summed E-state index contributed by atoms with van der Waals surface area (Å²) < 4.78 is 69.0. The second-order valence-corrected chi connectivity index (χ2v) is 11.7. The normalized spacial score (nSPS) is 19.2. The molecule has 42 heavy (non-hydrogen) atoms. The van der Waals surface area contributed by atoms with E-state index in [1.807, 2.05) is 13.8 Å². The standard InChI is InChI=1S/C27H33F5N8O2/c1-14(2)40-24(25(33)42)23(37-38-40)21(15-5-8-26(28,29)9-6-15)18-13-39-19(35-18)11-17(12-34-39)22(16-3-4-16)36-20(41)7-10-27(30,31)32/h11-16,21-22H,3-10H2,1-2H3,(H2,33,42)(H,36,41)/t21-,22+/m0/s1. The maximum atomic E-state index is 14.1. The lowest BCUT2D eigenvalue weighted by Crippen LogP contribution is -2.30. The average molecular weight is 597 g/mol. The molecule has 10 nitrogen and oxygen atoms in total. The van der Waals surface area contributed by atoms with Crippen LogP contribution in [0.4, 0.5) is 22.0 Å². The second-order valence-electron chi connectivity index (χ2n) is 11.7. The van der Waals surface area contributed by atoms with E-state index in [1.54, 1.807) is 12.3 Å². The number of carbonyl (C=O) groups excluding carboxylic acids is 2. The van der Waals surface area contributed by atoms with Crippen LogP contribution in [-0.2, 0) is 4.79 Å². The summed E-state index contributed by atoms with van der Waals surface area (Å²) in [6, 6.07) is 0.948. The van der Waals surface area contributed by atoms with E-state index in [2.05, 4.69) is 20.7 Å². The van der Waals surface area contributed by atoms with Crippen LogP contribution in [0.15, 0.2) is 18.5 Å². The van der Waals surface area contributed by atoms with E-state index in [0.29, 0.717) is 16.9 Å². The van der Waals surface area contributed by atoms with Crippen LogP contribution in [0.2, 0.25) is 0 Å². The number of halogens is 5. The van der Waals surface area contributed by atoms with Crippen molar-refractivity contribution >= 4 is 17.5 Å². The number of fused-ring (bicyclic) bond motifs is 1. The number of aromatic nitrogens is 6. The number of primary amides is 1. The molecular weight excluding hydrogens is 563 g/mol. The van der Waals surface area contributed by atoms with Crippen molar-refractivity contribution in [2.75, 3.05) is 0 Å². The fourth-order valence-corrected chi connectivity index (χ4v) is 5.75. The highest BCUT2D eigenvalue weighted by Gasteiger charge is 2.42. The summed E-state index contributed by atoms with van der Waals surface area (Å²) in [5.41, 5.74) is 7.53. The van der Waals surface area contributed by atoms with Crippen molar-refractivity contribution in [1.82, 2.24) is 34.9 Å². The fourth-order valence-electron chi connectivity index (χ4n) is 5.75. The van der Waals surface area contributed by atoms with Crippen molar-refractivity contribution < 1.29 is 31.5 Å². The SMILES string of the molecule is CC(C)n1nnc([C@H](c2cn3ncc([C@H](NC(=O)CCC(F)(F)F)C4CC4)cc3n2)C2CCC(F)(F)CC2)c1C(N)=O. The van der Waals surface area contributed by atoms with E-state index in [0.717, 1.165) is 12.8 Å². The van der Waals surface area contributed by atoms with Crippen molar-refractivity contribution in [3.8, 4) is 0 Å². The summed E-state index contributed by atoms with van der Waals surface area (Å²) in [6.45, 7) is 3.63. The van der Waals surface area contributed by atoms with Gasteiger partial charge in [-0.2, -0.15) is 18.3 Å². The number of alkyl halides is 5. The third kappa shape index (κ3) is 6.54. The molecule has 0 unspecified atom stereocenters. The number of hydrogen-bond acceptors (Lipinski definition) is 6. The van der Waals surface area contributed by atoms with Crippen molar-refractivity contribution in [1.29, 1.82) is 0 Å². The predicted octanol–water partition coefficient (Wildman–Crippen LogP) is 4.87. The monoisotopic (exact) mass is 596 g/mol. The third-order valence-corrected chi connectivity index (χ3v) is 8.05. The molecule has 15 heteroatoms. The maximum Gasteiger partial charge on any atom is 0.389 e. The highest BCUT2D eigenvalue weighted by atomic mass is 19.4. The Labute approximate surface area is 238 Å². The Morgan fingerprint density at radius 1 is 1.14 bits per heavy atom. The number of amides is 2. The summed E-state index contributed by atoms with van der Waals surface area (Å²) in [7, 11) is 0. The summed E-state index contributed by atoms with van der Waals surface area (Å²) in [5, 5.41) is 15.6. The van der Waals surface area contributed by atoms with Crippen LogP contribution in [0.1, 0.15) is 111 Å². The summed E-state index contributed by atoms with van der Waals surface area (Å²) in [5.74, 6) is -5.14. The molecule has 2 aliphatic rings. The Balaban J connectivity index is 1.49. The number of imidazole rings is 1. The summed E-state index contributed by atoms with van der Waals surface area (Å²) in [4.78, 5) is 29.6. The Hall–Kier alpha value is -3.65. The number of hydrogen-bond donors (Lipinski definition) is 2. The summed E-state index contributed by atoms with van der Waals surface area (Å²) >= 11 is 0. The van der Waals surface area contributed by atoms with Crippen LogP contribution in [0.5, 0.6) is 0 Å². The average Bonchev–Trinajstić information content (AvgIpc) is 3.50. The quantitative estimate of drug-likeness (QED) is 0.321. The van der Waals surface area contributed by atoms with Crippen LogP contribution >= 0.6 is 0 Å². The third-order valence-electron chi connectivity index (χ3n) is 8.05. The van der Waals surface area contributed by atoms with Crippen molar-refractivity contribution in [3.05, 3.63) is 41.1 Å². The molecule has 2 saturated carbocycles. The first kappa shape index (κ1) is 29.8. The Kier molecular flexibility index (Phi) is 7.96. The Morgan fingerprint density at radius 2 is 1.83 bits per heavy atom. The van der Waals surface area contributed by atoms with Gasteiger partial charge in [0.05, 0.1) is 36.5 Å². The summed E-state index contributed by atoms with van der Waals surface area (Å²) in [6.07, 6.45) is -1.80. The van der Waals surface area contributed by atoms with Gasteiger partial charge in [0.2, 0.25) is 11.8 Å². The predicted molar refractivity (Wildman–Crippen MR) is 140 cm³/mol. The smallest absolute Gasteiger partial charge is 0.364 e. The molecule has 2 amide bonds. The minimum absolute atomic E-state index is 0.0689. The van der Waals surface area contributed by atoms with Crippen LogP contribution in [0.3, 0.4) is 0 Å². The van der Waals surface area contributed by atoms with Crippen molar-refractivity contribution in [3.63, 3.8) is 0 Å². The van der Waals surface area contributed by atoms with Gasteiger partial charge in [0.15, 0.2) is 5.65 Å². The van der Waals surface area contributed by atoms with Crippen molar-refractivity contribution in [2.45, 2.75) is 95.3 Å². The molecule has 0 bridgehead atoms. The number of rotatable bonds is 10. The van der Waals surface area contributed by atoms with Crippen LogP contribution in [-0.4, -0.2) is 53.5 Å². The van der Waals surface area contributed by atoms with E-state index in [9.17, 15) is 31.5 Å². The molecule has 0 spiro atoms. The van der Waals surface area contributed by atoms with Gasteiger partial charge in [0, 0.05) is 25.3 Å². The molecular formula is C27H33F5N8O2. The molecule has 3 aromatic rings. The molecule has 5 rings (SSSR count). The van der Waals surface area contributed by atoms with E-state index in [4.69, 9.17) is 10.7 Å². The first-order chi connectivity index (χ1) is 19.7. The van der Waals surface area contributed by atoms with Gasteiger partial charge in [-0.05, 0) is 63.0 Å². The number of nitrogens with two attached hydrogens (primary N) is 1. The van der Waals surface area contributed by atoms with Gasteiger partial charge in [-0.15, -0.1) is 5.10 Å². The number of carbonyl (C=O) groups is 2. The molecule has 3 N–H and O–H groups in total. The van der Waals surface area contributed by atoms with Crippen molar-refractivity contribution in [2.24, 2.45) is 17.6 Å². The number of nitrogens with zero attached hydrogens (tertiary/aromatic N) is 6. The van der Waals surface area contributed by atoms with Gasteiger partial charge >= 0.3 is 6.18 Å². The first-order valence-electron chi connectivity index (χ1n) is 14.1. The number of nitrogens with one attached hydrogen (secondary N) is 1. The van der Waals surface area contributed by atoms with Gasteiger partial charge < -0.3 is 11.1 Å². The minimum Gasteiger partial charge on any atom is -0.364 e. The maximum absolute atomic E-state index is 14.1. The molecule has 3 heterocycles. The van der Waals surface area contributed by atoms with E-state index in [1.165, 1.54) is 15.4 Å². The second kappa shape index (κ2) is 11.2. The minimum atomic E-state index is -4.43. The lowest BCUT2D eigenvalue weighted by Gasteiger charge is -2.32. The van der Waals surface area contributed by atoms with E-state index >= 15 is 0 Å². The molecule has 228 valence electrons. The van der Waals surface area contributed by atoms with Crippen LogP contribution in [0, 0.1) is 11.8 Å². The molecule has 2 aliphatic carbocycles. The zero-order valence-electron chi connectivity index (χ0n) is 23.2. The Morgan fingerprint density at radius 3 is 2.43 bits per heavy atom. The van der Waals surface area contributed by atoms with Crippen LogP contribution in [0.25, 0.3) is 5.65 Å². The highest BCUT2D eigenvalue weighted by molar-refractivity contribution is 5.92. The topological polar surface area (TPSA) is 133 Å². The van der Waals surface area contributed by atoms with E-state index in [-0.39, 0.29) is 54.9 Å². The zero-order valence-corrected chi connectivity index (χ0v) is 23.2. The van der Waals surface area contributed by atoms with Crippen LogP contribution < -0.4 is 11.1 Å². The molecule has 0 aromatic carbocycles. The lowest BCUT2D eigenvalue weighted by molar-refractivity contribution is -0.144. The van der Waals surface area contributed by atoms with Gasteiger partial charge in [-0.1, -0.05) is 5.21 Å². The van der Waals surface area contributed by atoms with Gasteiger partial charge in [-0.3, -0.25) is 9.59 Å². The zero-order chi connectivity index (χ0) is 30.4. The molecule has 0 saturated heterocycles. The van der Waals surface area contributed by atoms with E-state index < -0.39 is 48.7 Å². The Bertz CT molecular complexity index is 1450. The molecule has 0 aliphatic heterocycles. The molecule has 2 fully saturated rings. The van der Waals surface area contributed by atoms with Gasteiger partial charge in [-0.25, -0.2) is 23.0 Å². The highest BCUT2D eigenvalue weighted by Crippen LogP contribution is 2.45.